The van der Waals surface area contributed by atoms with Crippen molar-refractivity contribution in [3.05, 3.63) is 0 Å². The lowest BCUT2D eigenvalue weighted by atomic mass is 9.92. The summed E-state index contributed by atoms with van der Waals surface area (Å²) in [6.45, 7) is 6.10. The van der Waals surface area contributed by atoms with E-state index < -0.39 is 0 Å². The number of nitrogens with zero attached hydrogens (tertiary/aromatic N) is 1. The number of piperidine rings is 1. The molecule has 92 valence electrons. The lowest BCUT2D eigenvalue weighted by Gasteiger charge is -2.38. The molecule has 0 aromatic carbocycles. The van der Waals surface area contributed by atoms with Gasteiger partial charge in [0, 0.05) is 31.6 Å². The third-order valence-electron chi connectivity index (χ3n) is 3.82. The van der Waals surface area contributed by atoms with Crippen LogP contribution in [0.4, 0.5) is 0 Å². The molecule has 1 aliphatic heterocycles. The van der Waals surface area contributed by atoms with Crippen LogP contribution in [0.2, 0.25) is 0 Å². The van der Waals surface area contributed by atoms with E-state index in [1.807, 2.05) is 6.92 Å². The maximum atomic E-state index is 11.8. The molecule has 0 radical (unpaired) electrons. The van der Waals surface area contributed by atoms with Crippen LogP contribution in [0.3, 0.4) is 0 Å². The molecule has 1 N–H and O–H groups in total. The van der Waals surface area contributed by atoms with Gasteiger partial charge in [0.2, 0.25) is 5.91 Å². The Hall–Kier alpha value is -0.570. The molecule has 2 atom stereocenters. The van der Waals surface area contributed by atoms with Crippen molar-refractivity contribution in [2.75, 3.05) is 13.1 Å². The Morgan fingerprint density at radius 1 is 1.25 bits per heavy atom. The van der Waals surface area contributed by atoms with Crippen LogP contribution in [0.5, 0.6) is 0 Å². The Labute approximate surface area is 98.6 Å². The molecule has 1 saturated carbocycles. The average molecular weight is 224 g/mol. The Morgan fingerprint density at radius 3 is 2.56 bits per heavy atom. The monoisotopic (exact) mass is 224 g/mol. The fourth-order valence-electron chi connectivity index (χ4n) is 2.63. The Balaban J connectivity index is 1.90. The lowest BCUT2D eigenvalue weighted by molar-refractivity contribution is -0.133. The maximum Gasteiger partial charge on any atom is 0.222 e. The fraction of sp³-hybridized carbons (Fsp3) is 0.923. The van der Waals surface area contributed by atoms with Gasteiger partial charge in [-0.1, -0.05) is 20.3 Å². The first-order chi connectivity index (χ1) is 7.72. The van der Waals surface area contributed by atoms with Crippen LogP contribution in [0.25, 0.3) is 0 Å². The second-order valence-electron chi connectivity index (χ2n) is 5.30. The lowest BCUT2D eigenvalue weighted by Crippen LogP contribution is -2.51. The third-order valence-corrected chi connectivity index (χ3v) is 3.82. The second kappa shape index (κ2) is 5.17. The number of amides is 1. The molecule has 0 aromatic rings. The van der Waals surface area contributed by atoms with Crippen molar-refractivity contribution in [3.8, 4) is 0 Å². The molecule has 16 heavy (non-hydrogen) atoms. The Morgan fingerprint density at radius 2 is 2.00 bits per heavy atom. The van der Waals surface area contributed by atoms with Gasteiger partial charge in [-0.15, -0.1) is 0 Å². The average Bonchev–Trinajstić information content (AvgIpc) is 3.11. The second-order valence-corrected chi connectivity index (χ2v) is 5.30. The summed E-state index contributed by atoms with van der Waals surface area (Å²) in [4.78, 5) is 13.8. The van der Waals surface area contributed by atoms with Crippen LogP contribution in [-0.4, -0.2) is 36.0 Å². The number of rotatable bonds is 4. The van der Waals surface area contributed by atoms with Crippen LogP contribution >= 0.6 is 0 Å². The molecule has 0 bridgehead atoms. The normalized spacial score (nSPS) is 30.5. The number of carbonyl (C=O) groups excluding carboxylic acids is 1. The fourth-order valence-corrected chi connectivity index (χ4v) is 2.63. The van der Waals surface area contributed by atoms with Crippen LogP contribution in [-0.2, 0) is 4.79 Å². The van der Waals surface area contributed by atoms with E-state index in [9.17, 15) is 4.79 Å². The molecular formula is C13H24N2O. The van der Waals surface area contributed by atoms with E-state index in [2.05, 4.69) is 17.1 Å². The van der Waals surface area contributed by atoms with Crippen molar-refractivity contribution in [2.45, 2.75) is 58.0 Å². The van der Waals surface area contributed by atoms with Gasteiger partial charge in [0.1, 0.15) is 0 Å². The summed E-state index contributed by atoms with van der Waals surface area (Å²) in [5.74, 6) is 1.02. The molecule has 1 aliphatic carbocycles. The first kappa shape index (κ1) is 11.9. The van der Waals surface area contributed by atoms with Crippen molar-refractivity contribution in [1.29, 1.82) is 0 Å². The number of nitrogens with one attached hydrogen (secondary N) is 1. The highest BCUT2D eigenvalue weighted by molar-refractivity contribution is 5.76. The quantitative estimate of drug-likeness (QED) is 0.789. The van der Waals surface area contributed by atoms with Crippen molar-refractivity contribution in [1.82, 2.24) is 10.2 Å². The summed E-state index contributed by atoms with van der Waals surface area (Å²) in [7, 11) is 0. The molecule has 1 saturated heterocycles. The Bertz CT molecular complexity index is 250. The van der Waals surface area contributed by atoms with Gasteiger partial charge in [-0.05, 0) is 25.2 Å². The van der Waals surface area contributed by atoms with Gasteiger partial charge >= 0.3 is 0 Å². The van der Waals surface area contributed by atoms with E-state index >= 15 is 0 Å². The van der Waals surface area contributed by atoms with Gasteiger partial charge in [-0.3, -0.25) is 4.79 Å². The zero-order chi connectivity index (χ0) is 11.5. The van der Waals surface area contributed by atoms with Gasteiger partial charge in [-0.2, -0.15) is 0 Å². The van der Waals surface area contributed by atoms with E-state index in [-0.39, 0.29) is 0 Å². The highest BCUT2D eigenvalue weighted by Gasteiger charge is 2.32. The summed E-state index contributed by atoms with van der Waals surface area (Å²) >= 11 is 0. The molecule has 0 aromatic heterocycles. The molecule has 2 aliphatic rings. The van der Waals surface area contributed by atoms with Gasteiger partial charge in [-0.25, -0.2) is 0 Å². The first-order valence-corrected chi connectivity index (χ1v) is 6.76. The molecule has 2 fully saturated rings. The van der Waals surface area contributed by atoms with Gasteiger partial charge in [0.05, 0.1) is 0 Å². The molecule has 2 rings (SSSR count). The van der Waals surface area contributed by atoms with Crippen LogP contribution in [0.15, 0.2) is 0 Å². The molecule has 3 heteroatoms. The van der Waals surface area contributed by atoms with Crippen molar-refractivity contribution in [3.63, 3.8) is 0 Å². The van der Waals surface area contributed by atoms with Gasteiger partial charge < -0.3 is 10.2 Å². The highest BCUT2D eigenvalue weighted by Crippen LogP contribution is 2.25. The molecule has 1 heterocycles. The summed E-state index contributed by atoms with van der Waals surface area (Å²) < 4.78 is 0. The summed E-state index contributed by atoms with van der Waals surface area (Å²) in [6.07, 6.45) is 5.74. The predicted molar refractivity (Wildman–Crippen MR) is 65.2 cm³/mol. The minimum atomic E-state index is 0.320. The zero-order valence-electron chi connectivity index (χ0n) is 10.5. The molecule has 3 nitrogen and oxygen atoms in total. The Kier molecular flexibility index (Phi) is 3.85. The summed E-state index contributed by atoms with van der Waals surface area (Å²) in [6, 6.07) is 1.29. The predicted octanol–water partition coefficient (Wildman–Crippen LogP) is 1.78. The highest BCUT2D eigenvalue weighted by atomic mass is 16.2. The van der Waals surface area contributed by atoms with E-state index in [0.29, 0.717) is 24.3 Å². The van der Waals surface area contributed by atoms with Crippen LogP contribution in [0, 0.1) is 5.92 Å². The number of likely N-dealkylation sites (tertiary alicyclic amines) is 1. The van der Waals surface area contributed by atoms with Gasteiger partial charge in [0.15, 0.2) is 0 Å². The van der Waals surface area contributed by atoms with Crippen molar-refractivity contribution < 1.29 is 4.79 Å². The third kappa shape index (κ3) is 2.97. The minimum Gasteiger partial charge on any atom is -0.341 e. The van der Waals surface area contributed by atoms with E-state index in [1.54, 1.807) is 0 Å². The first-order valence-electron chi connectivity index (χ1n) is 6.76. The molecular weight excluding hydrogens is 200 g/mol. The zero-order valence-corrected chi connectivity index (χ0v) is 10.5. The number of hydrogen-bond donors (Lipinski definition) is 1. The summed E-state index contributed by atoms with van der Waals surface area (Å²) in [5.41, 5.74) is 0. The molecule has 0 spiro atoms. The number of hydrogen-bond acceptors (Lipinski definition) is 2. The van der Waals surface area contributed by atoms with Crippen LogP contribution < -0.4 is 5.32 Å². The molecule has 2 unspecified atom stereocenters. The topological polar surface area (TPSA) is 32.3 Å². The minimum absolute atomic E-state index is 0.320. The van der Waals surface area contributed by atoms with Crippen molar-refractivity contribution in [2.24, 2.45) is 5.92 Å². The smallest absolute Gasteiger partial charge is 0.222 e. The molecule has 1 amide bonds. The summed E-state index contributed by atoms with van der Waals surface area (Å²) in [5, 5.41) is 3.67. The van der Waals surface area contributed by atoms with E-state index in [1.165, 1.54) is 25.7 Å². The SMILES string of the molecule is CCC(=O)N1CC(CC)CC(NC2CC2)C1. The van der Waals surface area contributed by atoms with E-state index in [0.717, 1.165) is 19.1 Å². The van der Waals surface area contributed by atoms with Crippen molar-refractivity contribution >= 4 is 5.91 Å². The maximum absolute atomic E-state index is 11.8. The standard InChI is InChI=1S/C13H24N2O/c1-3-10-7-12(14-11-5-6-11)9-15(8-10)13(16)4-2/h10-12,14H,3-9H2,1-2H3. The van der Waals surface area contributed by atoms with Crippen LogP contribution in [0.1, 0.15) is 46.0 Å². The largest absolute Gasteiger partial charge is 0.341 e. The van der Waals surface area contributed by atoms with E-state index in [4.69, 9.17) is 0 Å². The van der Waals surface area contributed by atoms with Gasteiger partial charge in [0.25, 0.3) is 0 Å². The number of carbonyl (C=O) groups is 1.